The number of para-hydroxylation sites is 1. The number of rotatable bonds is 6. The van der Waals surface area contributed by atoms with E-state index < -0.39 is 17.8 Å². The van der Waals surface area contributed by atoms with Gasteiger partial charge in [0, 0.05) is 25.1 Å². The maximum Gasteiger partial charge on any atom is 0.353 e. The van der Waals surface area contributed by atoms with E-state index in [9.17, 15) is 19.1 Å². The Kier molecular flexibility index (Phi) is 9.29. The molecule has 0 unspecified atom stereocenters. The first-order valence-electron chi connectivity index (χ1n) is 12.8. The van der Waals surface area contributed by atoms with Crippen LogP contribution in [0.4, 0.5) is 4.39 Å². The van der Waals surface area contributed by atoms with Gasteiger partial charge >= 0.3 is 5.69 Å². The minimum absolute atomic E-state index is 0. The van der Waals surface area contributed by atoms with E-state index in [0.717, 1.165) is 11.6 Å². The fourth-order valence-electron chi connectivity index (χ4n) is 5.20. The first-order valence-corrected chi connectivity index (χ1v) is 13.6. The summed E-state index contributed by atoms with van der Waals surface area (Å²) in [6.07, 6.45) is 1.49. The molecule has 1 saturated heterocycles. The zero-order valence-electron chi connectivity index (χ0n) is 22.6. The quantitative estimate of drug-likeness (QED) is 0.265. The van der Waals surface area contributed by atoms with Crippen molar-refractivity contribution in [3.8, 4) is 17.2 Å². The second-order valence-electron chi connectivity index (χ2n) is 9.76. The highest BCUT2D eigenvalue weighted by atomic mass is 32.1. The molecule has 12 heteroatoms. The predicted octanol–water partition coefficient (Wildman–Crippen LogP) is 5.08. The normalized spacial score (nSPS) is 17.0. The predicted molar refractivity (Wildman–Crippen MR) is 174 cm³/mol. The van der Waals surface area contributed by atoms with Gasteiger partial charge in [-0.1, -0.05) is 24.8 Å². The Labute approximate surface area is 258 Å². The number of alkyl halides is 1. The number of carbonyl (C=O) groups excluding carboxylic acids is 1. The number of thiophene rings is 1. The van der Waals surface area contributed by atoms with Crippen LogP contribution >= 0.6 is 38.3 Å². The van der Waals surface area contributed by atoms with Crippen molar-refractivity contribution in [1.82, 2.24) is 19.4 Å². The molecule has 218 valence electrons. The van der Waals surface area contributed by atoms with Gasteiger partial charge in [0.1, 0.15) is 33.8 Å². The molecule has 42 heavy (non-hydrogen) atoms. The molecule has 0 spiro atoms. The molecular weight excluding hydrogens is 596 g/mol. The van der Waals surface area contributed by atoms with Gasteiger partial charge in [-0.2, -0.15) is 32.0 Å². The number of halogens is 1. The average Bonchev–Trinajstić information content (AvgIpc) is 3.50. The summed E-state index contributed by atoms with van der Waals surface area (Å²) in [5, 5.41) is 11.7. The molecular formula is C30H29FN4O4S3. The lowest BCUT2D eigenvalue weighted by molar-refractivity contribution is -0.125. The SMILES string of the molecule is C=CC(=O)N1C[C@H](CC(O)=c2sc3nccc4c3c2nc(=O)n4-c2ccc(Oc3ccccc3)cc2C)[C@@H](F)C1.S.S. The van der Waals surface area contributed by atoms with Crippen LogP contribution in [0.3, 0.4) is 0 Å². The topological polar surface area (TPSA) is 97.6 Å². The number of likely N-dealkylation sites (tertiary alicyclic amines) is 1. The van der Waals surface area contributed by atoms with Gasteiger partial charge in [-0.05, 0) is 55.0 Å². The van der Waals surface area contributed by atoms with Crippen molar-refractivity contribution in [3.63, 3.8) is 0 Å². The lowest BCUT2D eigenvalue weighted by Crippen LogP contribution is -2.27. The lowest BCUT2D eigenvalue weighted by Gasteiger charge is -2.14. The van der Waals surface area contributed by atoms with E-state index in [1.165, 1.54) is 20.8 Å². The molecule has 5 aromatic rings. The molecule has 1 amide bonds. The molecule has 1 N–H and O–H groups in total. The number of aromatic nitrogens is 3. The number of aliphatic hydroxyl groups excluding tert-OH is 1. The summed E-state index contributed by atoms with van der Waals surface area (Å²) in [7, 11) is 0. The minimum atomic E-state index is -1.28. The molecule has 0 bridgehead atoms. The fraction of sp³-hybridized carbons (Fsp3) is 0.200. The molecule has 0 aliphatic carbocycles. The van der Waals surface area contributed by atoms with Crippen molar-refractivity contribution in [2.75, 3.05) is 13.1 Å². The van der Waals surface area contributed by atoms with E-state index in [1.807, 2.05) is 49.4 Å². The molecule has 1 aliphatic heterocycles. The van der Waals surface area contributed by atoms with Crippen molar-refractivity contribution in [1.29, 1.82) is 0 Å². The summed E-state index contributed by atoms with van der Waals surface area (Å²) < 4.78 is 22.6. The number of carbonyl (C=O) groups is 1. The lowest BCUT2D eigenvalue weighted by atomic mass is 10.0. The first-order chi connectivity index (χ1) is 19.3. The molecule has 2 atom stereocenters. The van der Waals surface area contributed by atoms with Gasteiger partial charge in [-0.3, -0.25) is 9.36 Å². The summed E-state index contributed by atoms with van der Waals surface area (Å²) in [4.78, 5) is 36.2. The number of hydrogen-bond acceptors (Lipinski definition) is 7. The molecule has 1 fully saturated rings. The number of ether oxygens (including phenoxy) is 1. The van der Waals surface area contributed by atoms with Crippen LogP contribution < -0.4 is 15.0 Å². The van der Waals surface area contributed by atoms with Crippen LogP contribution in [0, 0.1) is 12.8 Å². The van der Waals surface area contributed by atoms with Crippen molar-refractivity contribution in [2.24, 2.45) is 5.92 Å². The largest absolute Gasteiger partial charge is 0.511 e. The number of pyridine rings is 1. The molecule has 0 saturated carbocycles. The fourth-order valence-corrected chi connectivity index (χ4v) is 6.26. The van der Waals surface area contributed by atoms with E-state index in [2.05, 4.69) is 16.5 Å². The zero-order valence-corrected chi connectivity index (χ0v) is 25.4. The first kappa shape index (κ1) is 31.1. The van der Waals surface area contributed by atoms with Crippen molar-refractivity contribution in [3.05, 3.63) is 94.0 Å². The number of benzene rings is 2. The van der Waals surface area contributed by atoms with Gasteiger partial charge in [0.05, 0.1) is 27.7 Å². The molecule has 1 aliphatic rings. The third kappa shape index (κ3) is 5.61. The average molecular weight is 625 g/mol. The van der Waals surface area contributed by atoms with E-state index in [-0.39, 0.29) is 58.2 Å². The number of amides is 1. The number of aryl methyl sites for hydroxylation is 1. The Morgan fingerprint density at radius 2 is 1.93 bits per heavy atom. The molecule has 0 radical (unpaired) electrons. The van der Waals surface area contributed by atoms with Gasteiger partial charge < -0.3 is 14.7 Å². The Morgan fingerprint density at radius 1 is 1.17 bits per heavy atom. The van der Waals surface area contributed by atoms with Crippen molar-refractivity contribution < 1.29 is 19.0 Å². The summed E-state index contributed by atoms with van der Waals surface area (Å²) >= 11 is 1.20. The van der Waals surface area contributed by atoms with E-state index in [4.69, 9.17) is 4.74 Å². The standard InChI is InChI=1S/C30H25FN4O4S.2H2S/c1-3-25(37)34-15-18(21(31)16-34)14-24(36)28-27-26-23(11-12-32-29(26)40-28)35(30(38)33-27)22-10-9-20(13-17(22)2)39-19-7-5-4-6-8-19;;/h3-13,18,21,36H,1,14-16H2,2H3;2*1H2/t18-,21-;;/m0../s1. The minimum Gasteiger partial charge on any atom is -0.511 e. The highest BCUT2D eigenvalue weighted by molar-refractivity contribution is 7.59. The highest BCUT2D eigenvalue weighted by Crippen LogP contribution is 2.31. The third-order valence-electron chi connectivity index (χ3n) is 7.14. The molecule has 8 nitrogen and oxygen atoms in total. The van der Waals surface area contributed by atoms with Gasteiger partial charge in [0.15, 0.2) is 0 Å². The smallest absolute Gasteiger partial charge is 0.353 e. The molecule has 6 rings (SSSR count). The van der Waals surface area contributed by atoms with Crippen LogP contribution in [0.5, 0.6) is 11.5 Å². The van der Waals surface area contributed by atoms with Gasteiger partial charge in [0.25, 0.3) is 0 Å². The maximum absolute atomic E-state index is 14.7. The van der Waals surface area contributed by atoms with Gasteiger partial charge in [-0.15, -0.1) is 11.3 Å². The second kappa shape index (κ2) is 12.6. The number of nitrogens with zero attached hydrogens (tertiary/aromatic N) is 4. The molecule has 2 aromatic carbocycles. The third-order valence-corrected chi connectivity index (χ3v) is 8.27. The summed E-state index contributed by atoms with van der Waals surface area (Å²) in [5.74, 6) is 0.346. The van der Waals surface area contributed by atoms with Crippen LogP contribution in [0.25, 0.3) is 32.7 Å². The van der Waals surface area contributed by atoms with Crippen LogP contribution in [0.1, 0.15) is 12.0 Å². The molecule has 4 heterocycles. The summed E-state index contributed by atoms with van der Waals surface area (Å²) in [5.41, 5.74) is 1.87. The van der Waals surface area contributed by atoms with Gasteiger partial charge in [0.2, 0.25) is 5.91 Å². The number of hydrogen-bond donors (Lipinski definition) is 1. The maximum atomic E-state index is 14.7. The van der Waals surface area contributed by atoms with Crippen molar-refractivity contribution in [2.45, 2.75) is 19.5 Å². The van der Waals surface area contributed by atoms with Crippen LogP contribution in [0.2, 0.25) is 0 Å². The van der Waals surface area contributed by atoms with Crippen LogP contribution in [-0.2, 0) is 4.79 Å². The Hall–Kier alpha value is -3.87. The van der Waals surface area contributed by atoms with Crippen molar-refractivity contribution >= 4 is 71.2 Å². The summed E-state index contributed by atoms with van der Waals surface area (Å²) in [6, 6.07) is 16.6. The second-order valence-corrected chi connectivity index (χ2v) is 10.8. The van der Waals surface area contributed by atoms with Gasteiger partial charge in [-0.25, -0.2) is 14.2 Å². The van der Waals surface area contributed by atoms with Crippen LogP contribution in [0.15, 0.2) is 78.2 Å². The van der Waals surface area contributed by atoms with Crippen LogP contribution in [-0.4, -0.2) is 49.7 Å². The highest BCUT2D eigenvalue weighted by Gasteiger charge is 2.35. The summed E-state index contributed by atoms with van der Waals surface area (Å²) in [6.45, 7) is 5.48. The monoisotopic (exact) mass is 624 g/mol. The Morgan fingerprint density at radius 3 is 2.64 bits per heavy atom. The zero-order chi connectivity index (χ0) is 28.0. The number of aliphatic hydroxyl groups is 1. The van der Waals surface area contributed by atoms with E-state index in [1.54, 1.807) is 18.3 Å². The van der Waals surface area contributed by atoms with E-state index in [0.29, 0.717) is 43.0 Å². The molecule has 3 aromatic heterocycles. The Balaban J connectivity index is 0.00000202. The van der Waals surface area contributed by atoms with E-state index >= 15 is 0 Å². The Bertz CT molecular complexity index is 1890.